The summed E-state index contributed by atoms with van der Waals surface area (Å²) in [5.41, 5.74) is 7.62. The third-order valence-electron chi connectivity index (χ3n) is 3.17. The minimum atomic E-state index is -0.578. The second kappa shape index (κ2) is 6.18. The number of hydrogen-bond acceptors (Lipinski definition) is 2. The Morgan fingerprint density at radius 1 is 1.24 bits per heavy atom. The van der Waals surface area contributed by atoms with Crippen molar-refractivity contribution in [3.8, 4) is 0 Å². The van der Waals surface area contributed by atoms with Crippen LogP contribution in [0.4, 0.5) is 0 Å². The van der Waals surface area contributed by atoms with Gasteiger partial charge >= 0.3 is 0 Å². The van der Waals surface area contributed by atoms with E-state index in [9.17, 15) is 5.11 Å². The van der Waals surface area contributed by atoms with E-state index in [1.165, 1.54) is 11.1 Å². The molecule has 1 rings (SSSR count). The van der Waals surface area contributed by atoms with Gasteiger partial charge in [0.25, 0.3) is 0 Å². The van der Waals surface area contributed by atoms with Crippen molar-refractivity contribution < 1.29 is 5.11 Å². The van der Waals surface area contributed by atoms with Gasteiger partial charge in [0, 0.05) is 0 Å². The number of benzene rings is 1. The predicted molar refractivity (Wildman–Crippen MR) is 73.1 cm³/mol. The Balaban J connectivity index is 2.56. The summed E-state index contributed by atoms with van der Waals surface area (Å²) >= 11 is 0. The Morgan fingerprint density at radius 2 is 1.82 bits per heavy atom. The van der Waals surface area contributed by atoms with E-state index in [4.69, 9.17) is 5.73 Å². The summed E-state index contributed by atoms with van der Waals surface area (Å²) in [7, 11) is 0. The zero-order valence-electron chi connectivity index (χ0n) is 11.2. The Bertz CT molecular complexity index is 324. The standard InChI is InChI=1S/C15H25NO/c1-12(9-11-16)14-6-4-13(5-7-14)8-10-15(2,3)17/h4-7,12,17H,8-11,16H2,1-3H3. The lowest BCUT2D eigenvalue weighted by atomic mass is 9.94. The molecule has 3 N–H and O–H groups in total. The average molecular weight is 235 g/mol. The molecule has 0 heterocycles. The van der Waals surface area contributed by atoms with Gasteiger partial charge in [-0.1, -0.05) is 31.2 Å². The molecule has 0 aliphatic rings. The van der Waals surface area contributed by atoms with Crippen molar-refractivity contribution >= 4 is 0 Å². The molecule has 1 atom stereocenters. The fraction of sp³-hybridized carbons (Fsp3) is 0.600. The van der Waals surface area contributed by atoms with Crippen molar-refractivity contribution in [3.63, 3.8) is 0 Å². The fourth-order valence-corrected chi connectivity index (χ4v) is 1.88. The van der Waals surface area contributed by atoms with Gasteiger partial charge in [0.05, 0.1) is 5.60 Å². The van der Waals surface area contributed by atoms with E-state index in [2.05, 4.69) is 31.2 Å². The van der Waals surface area contributed by atoms with Crippen LogP contribution in [-0.4, -0.2) is 17.3 Å². The number of hydrogen-bond donors (Lipinski definition) is 2. The van der Waals surface area contributed by atoms with Crippen LogP contribution in [-0.2, 0) is 6.42 Å². The van der Waals surface area contributed by atoms with Crippen LogP contribution >= 0.6 is 0 Å². The Hall–Kier alpha value is -0.860. The lowest BCUT2D eigenvalue weighted by Crippen LogP contribution is -2.19. The summed E-state index contributed by atoms with van der Waals surface area (Å²) in [5.74, 6) is 0.531. The largest absolute Gasteiger partial charge is 0.390 e. The fourth-order valence-electron chi connectivity index (χ4n) is 1.88. The van der Waals surface area contributed by atoms with Gasteiger partial charge in [0.15, 0.2) is 0 Å². The maximum Gasteiger partial charge on any atom is 0.0594 e. The molecular weight excluding hydrogens is 210 g/mol. The van der Waals surface area contributed by atoms with Crippen LogP contribution < -0.4 is 5.73 Å². The number of aryl methyl sites for hydroxylation is 1. The van der Waals surface area contributed by atoms with Crippen LogP contribution in [0.2, 0.25) is 0 Å². The zero-order valence-corrected chi connectivity index (χ0v) is 11.2. The number of nitrogens with two attached hydrogens (primary N) is 1. The van der Waals surface area contributed by atoms with E-state index in [0.29, 0.717) is 5.92 Å². The highest BCUT2D eigenvalue weighted by atomic mass is 16.3. The summed E-state index contributed by atoms with van der Waals surface area (Å²) < 4.78 is 0. The van der Waals surface area contributed by atoms with Crippen LogP contribution in [0, 0.1) is 0 Å². The van der Waals surface area contributed by atoms with Crippen LogP contribution in [0.5, 0.6) is 0 Å². The summed E-state index contributed by atoms with van der Waals surface area (Å²) in [5, 5.41) is 9.68. The molecule has 0 amide bonds. The number of aliphatic hydroxyl groups is 1. The van der Waals surface area contributed by atoms with Gasteiger partial charge in [-0.05, 0) is 56.7 Å². The molecule has 0 aromatic heterocycles. The normalized spacial score (nSPS) is 13.7. The molecule has 0 aliphatic heterocycles. The van der Waals surface area contributed by atoms with Crippen LogP contribution in [0.3, 0.4) is 0 Å². The molecule has 0 saturated heterocycles. The van der Waals surface area contributed by atoms with Crippen LogP contribution in [0.15, 0.2) is 24.3 Å². The molecule has 2 nitrogen and oxygen atoms in total. The lowest BCUT2D eigenvalue weighted by molar-refractivity contribution is 0.0714. The van der Waals surface area contributed by atoms with Gasteiger partial charge in [-0.3, -0.25) is 0 Å². The Kier molecular flexibility index (Phi) is 5.16. The summed E-state index contributed by atoms with van der Waals surface area (Å²) in [6.45, 7) is 6.65. The van der Waals surface area contributed by atoms with E-state index in [-0.39, 0.29) is 0 Å². The molecule has 1 aromatic rings. The summed E-state index contributed by atoms with van der Waals surface area (Å²) in [4.78, 5) is 0. The average Bonchev–Trinajstić information content (AvgIpc) is 2.26. The van der Waals surface area contributed by atoms with Crippen molar-refractivity contribution in [2.45, 2.75) is 51.6 Å². The van der Waals surface area contributed by atoms with Gasteiger partial charge in [-0.25, -0.2) is 0 Å². The van der Waals surface area contributed by atoms with Crippen molar-refractivity contribution in [1.29, 1.82) is 0 Å². The molecule has 0 fully saturated rings. The molecule has 2 heteroatoms. The molecule has 0 aliphatic carbocycles. The molecule has 17 heavy (non-hydrogen) atoms. The Labute approximate surface area is 105 Å². The van der Waals surface area contributed by atoms with Gasteiger partial charge in [0.2, 0.25) is 0 Å². The molecule has 0 saturated carbocycles. The second-order valence-electron chi connectivity index (χ2n) is 5.53. The highest BCUT2D eigenvalue weighted by Crippen LogP contribution is 2.20. The third kappa shape index (κ3) is 5.33. The molecule has 1 aromatic carbocycles. The van der Waals surface area contributed by atoms with Gasteiger partial charge in [-0.2, -0.15) is 0 Å². The van der Waals surface area contributed by atoms with Gasteiger partial charge in [-0.15, -0.1) is 0 Å². The summed E-state index contributed by atoms with van der Waals surface area (Å²) in [6, 6.07) is 8.68. The monoisotopic (exact) mass is 235 g/mol. The molecule has 96 valence electrons. The van der Waals surface area contributed by atoms with E-state index in [1.807, 2.05) is 13.8 Å². The lowest BCUT2D eigenvalue weighted by Gasteiger charge is -2.17. The van der Waals surface area contributed by atoms with Gasteiger partial charge in [0.1, 0.15) is 0 Å². The van der Waals surface area contributed by atoms with E-state index in [1.54, 1.807) is 0 Å². The third-order valence-corrected chi connectivity index (χ3v) is 3.17. The maximum absolute atomic E-state index is 9.68. The van der Waals surface area contributed by atoms with Gasteiger partial charge < -0.3 is 10.8 Å². The highest BCUT2D eigenvalue weighted by molar-refractivity contribution is 5.25. The quantitative estimate of drug-likeness (QED) is 0.796. The maximum atomic E-state index is 9.68. The van der Waals surface area contributed by atoms with E-state index >= 15 is 0 Å². The minimum absolute atomic E-state index is 0.531. The van der Waals surface area contributed by atoms with Crippen molar-refractivity contribution in [1.82, 2.24) is 0 Å². The van der Waals surface area contributed by atoms with E-state index < -0.39 is 5.60 Å². The predicted octanol–water partition coefficient (Wildman–Crippen LogP) is 2.84. The first-order valence-electron chi connectivity index (χ1n) is 6.43. The SMILES string of the molecule is CC(CCN)c1ccc(CCC(C)(C)O)cc1. The first-order chi connectivity index (χ1) is 7.92. The molecule has 1 unspecified atom stereocenters. The second-order valence-corrected chi connectivity index (χ2v) is 5.53. The first-order valence-corrected chi connectivity index (χ1v) is 6.43. The van der Waals surface area contributed by atoms with Crippen molar-refractivity contribution in [2.24, 2.45) is 5.73 Å². The Morgan fingerprint density at radius 3 is 2.29 bits per heavy atom. The molecular formula is C15H25NO. The van der Waals surface area contributed by atoms with E-state index in [0.717, 1.165) is 25.8 Å². The highest BCUT2D eigenvalue weighted by Gasteiger charge is 2.12. The topological polar surface area (TPSA) is 46.2 Å². The van der Waals surface area contributed by atoms with Crippen molar-refractivity contribution in [2.75, 3.05) is 6.54 Å². The molecule has 0 spiro atoms. The minimum Gasteiger partial charge on any atom is -0.390 e. The molecule has 0 radical (unpaired) electrons. The molecule has 0 bridgehead atoms. The number of rotatable bonds is 6. The zero-order chi connectivity index (χ0) is 12.9. The van der Waals surface area contributed by atoms with Crippen LogP contribution in [0.25, 0.3) is 0 Å². The summed E-state index contributed by atoms with van der Waals surface area (Å²) in [6.07, 6.45) is 2.75. The smallest absolute Gasteiger partial charge is 0.0594 e. The first kappa shape index (κ1) is 14.2. The van der Waals surface area contributed by atoms with Crippen LogP contribution in [0.1, 0.15) is 50.7 Å². The van der Waals surface area contributed by atoms with Crippen molar-refractivity contribution in [3.05, 3.63) is 35.4 Å².